The molecule has 1 rings (SSSR count). The number of esters is 1. The van der Waals surface area contributed by atoms with Crippen molar-refractivity contribution in [1.29, 1.82) is 0 Å². The quantitative estimate of drug-likeness (QED) is 0.627. The first kappa shape index (κ1) is 14.1. The van der Waals surface area contributed by atoms with Gasteiger partial charge in [0.15, 0.2) is 0 Å². The topological polar surface area (TPSA) is 51.2 Å². The summed E-state index contributed by atoms with van der Waals surface area (Å²) >= 11 is 1.73. The lowest BCUT2D eigenvalue weighted by Gasteiger charge is -2.12. The number of hydrogen-bond acceptors (Lipinski definition) is 5. The van der Waals surface area contributed by atoms with Gasteiger partial charge in [-0.3, -0.25) is 4.79 Å². The largest absolute Gasteiger partial charge is 0.469 e. The summed E-state index contributed by atoms with van der Waals surface area (Å²) in [5, 5.41) is 4.49. The molecule has 1 aromatic rings. The third-order valence-corrected chi connectivity index (χ3v) is 3.82. The van der Waals surface area contributed by atoms with Gasteiger partial charge in [0.1, 0.15) is 0 Å². The fourth-order valence-electron chi connectivity index (χ4n) is 1.69. The number of thiazole rings is 1. The first-order valence-electron chi connectivity index (χ1n) is 5.78. The van der Waals surface area contributed by atoms with Crippen LogP contribution in [0, 0.1) is 13.8 Å². The molecule has 4 nitrogen and oxygen atoms in total. The van der Waals surface area contributed by atoms with Gasteiger partial charge in [-0.05, 0) is 33.7 Å². The van der Waals surface area contributed by atoms with Crippen molar-refractivity contribution >= 4 is 17.3 Å². The number of carbonyl (C=O) groups excluding carboxylic acids is 1. The molecule has 0 fully saturated rings. The highest BCUT2D eigenvalue weighted by Gasteiger charge is 2.12. The second-order valence-corrected chi connectivity index (χ2v) is 5.27. The van der Waals surface area contributed by atoms with Crippen LogP contribution in [0.4, 0.5) is 0 Å². The van der Waals surface area contributed by atoms with Gasteiger partial charge in [0.2, 0.25) is 0 Å². The van der Waals surface area contributed by atoms with Crippen LogP contribution in [0.5, 0.6) is 0 Å². The zero-order chi connectivity index (χ0) is 12.8. The van der Waals surface area contributed by atoms with Crippen LogP contribution in [0.15, 0.2) is 0 Å². The van der Waals surface area contributed by atoms with Gasteiger partial charge in [0.25, 0.3) is 0 Å². The van der Waals surface area contributed by atoms with Crippen LogP contribution < -0.4 is 5.32 Å². The van der Waals surface area contributed by atoms with E-state index in [2.05, 4.69) is 22.0 Å². The van der Waals surface area contributed by atoms with Crippen LogP contribution in [-0.2, 0) is 9.53 Å². The molecule has 0 bridgehead atoms. The summed E-state index contributed by atoms with van der Waals surface area (Å²) in [6.07, 6.45) is 1.27. The minimum absolute atomic E-state index is 0.149. The molecule has 0 amide bonds. The second kappa shape index (κ2) is 6.71. The lowest BCUT2D eigenvalue weighted by atomic mass is 10.2. The predicted molar refractivity (Wildman–Crippen MR) is 69.3 cm³/mol. The van der Waals surface area contributed by atoms with E-state index in [0.29, 0.717) is 12.5 Å². The number of rotatable bonds is 6. The Morgan fingerprint density at radius 2 is 2.24 bits per heavy atom. The highest BCUT2D eigenvalue weighted by Crippen LogP contribution is 2.24. The molecule has 1 aromatic heterocycles. The number of methoxy groups -OCH3 is 1. The molecule has 0 aromatic carbocycles. The Morgan fingerprint density at radius 3 is 2.76 bits per heavy atom. The van der Waals surface area contributed by atoms with Crippen molar-refractivity contribution in [2.75, 3.05) is 13.7 Å². The Morgan fingerprint density at radius 1 is 1.53 bits per heavy atom. The average Bonchev–Trinajstić information content (AvgIpc) is 2.63. The molecule has 0 saturated carbocycles. The van der Waals surface area contributed by atoms with Crippen molar-refractivity contribution < 1.29 is 9.53 Å². The number of nitrogens with one attached hydrogen (secondary N) is 1. The molecule has 96 valence electrons. The maximum Gasteiger partial charge on any atom is 0.305 e. The first-order chi connectivity index (χ1) is 8.04. The Bertz CT molecular complexity index is 377. The lowest BCUT2D eigenvalue weighted by Crippen LogP contribution is -2.20. The maximum atomic E-state index is 10.9. The van der Waals surface area contributed by atoms with Crippen molar-refractivity contribution in [3.63, 3.8) is 0 Å². The minimum Gasteiger partial charge on any atom is -0.469 e. The summed E-state index contributed by atoms with van der Waals surface area (Å²) in [4.78, 5) is 16.6. The number of aryl methyl sites for hydroxylation is 2. The van der Waals surface area contributed by atoms with Crippen molar-refractivity contribution in [1.82, 2.24) is 10.3 Å². The Balaban J connectivity index is 2.32. The number of nitrogens with zero attached hydrogens (tertiary/aromatic N) is 1. The predicted octanol–water partition coefficient (Wildman–Crippen LogP) is 2.36. The molecule has 1 atom stereocenters. The van der Waals surface area contributed by atoms with E-state index in [1.54, 1.807) is 11.3 Å². The molecule has 1 heterocycles. The first-order valence-corrected chi connectivity index (χ1v) is 6.60. The number of hydrogen-bond donors (Lipinski definition) is 1. The molecule has 1 unspecified atom stereocenters. The third-order valence-electron chi connectivity index (χ3n) is 2.57. The molecule has 1 N–H and O–H groups in total. The van der Waals surface area contributed by atoms with Crippen LogP contribution in [0.3, 0.4) is 0 Å². The van der Waals surface area contributed by atoms with Crippen molar-refractivity contribution in [3.8, 4) is 0 Å². The molecule has 0 saturated heterocycles. The molecule has 0 aliphatic rings. The van der Waals surface area contributed by atoms with Crippen molar-refractivity contribution in [2.45, 2.75) is 39.7 Å². The van der Waals surface area contributed by atoms with E-state index in [0.717, 1.165) is 23.7 Å². The van der Waals surface area contributed by atoms with Crippen LogP contribution >= 0.6 is 11.3 Å². The van der Waals surface area contributed by atoms with E-state index >= 15 is 0 Å². The number of ether oxygens (including phenoxy) is 1. The summed E-state index contributed by atoms with van der Waals surface area (Å²) in [5.74, 6) is -0.149. The number of aromatic nitrogens is 1. The van der Waals surface area contributed by atoms with Gasteiger partial charge in [-0.1, -0.05) is 0 Å². The highest BCUT2D eigenvalue weighted by molar-refractivity contribution is 7.11. The standard InChI is InChI=1S/C12H20N2O2S/c1-8(12-9(2)14-10(3)17-12)13-7-5-6-11(15)16-4/h8,13H,5-7H2,1-4H3. The normalized spacial score (nSPS) is 12.5. The molecule has 17 heavy (non-hydrogen) atoms. The van der Waals surface area contributed by atoms with Gasteiger partial charge in [-0.2, -0.15) is 0 Å². The fourth-order valence-corrected chi connectivity index (χ4v) is 2.65. The average molecular weight is 256 g/mol. The summed E-state index contributed by atoms with van der Waals surface area (Å²) in [7, 11) is 1.42. The molecule has 0 aliphatic carbocycles. The van der Waals surface area contributed by atoms with E-state index in [1.165, 1.54) is 12.0 Å². The molecular weight excluding hydrogens is 236 g/mol. The maximum absolute atomic E-state index is 10.9. The minimum atomic E-state index is -0.149. The number of carbonyl (C=O) groups is 1. The SMILES string of the molecule is COC(=O)CCCNC(C)c1sc(C)nc1C. The fraction of sp³-hybridized carbons (Fsp3) is 0.667. The van der Waals surface area contributed by atoms with E-state index in [1.807, 2.05) is 13.8 Å². The summed E-state index contributed by atoms with van der Waals surface area (Å²) in [5.41, 5.74) is 1.10. The van der Waals surface area contributed by atoms with E-state index < -0.39 is 0 Å². The Labute approximate surface area is 106 Å². The smallest absolute Gasteiger partial charge is 0.305 e. The van der Waals surface area contributed by atoms with Gasteiger partial charge in [-0.25, -0.2) is 4.98 Å². The molecule has 5 heteroatoms. The van der Waals surface area contributed by atoms with Gasteiger partial charge >= 0.3 is 5.97 Å². The van der Waals surface area contributed by atoms with Gasteiger partial charge in [0.05, 0.1) is 17.8 Å². The third kappa shape index (κ3) is 4.44. The summed E-state index contributed by atoms with van der Waals surface area (Å²) in [6.45, 7) is 6.99. The van der Waals surface area contributed by atoms with Crippen LogP contribution in [-0.4, -0.2) is 24.6 Å². The summed E-state index contributed by atoms with van der Waals surface area (Å²) < 4.78 is 4.59. The van der Waals surface area contributed by atoms with E-state index in [9.17, 15) is 4.79 Å². The molecular formula is C12H20N2O2S. The van der Waals surface area contributed by atoms with E-state index in [-0.39, 0.29) is 5.97 Å². The highest BCUT2D eigenvalue weighted by atomic mass is 32.1. The van der Waals surface area contributed by atoms with Gasteiger partial charge in [0, 0.05) is 17.3 Å². The lowest BCUT2D eigenvalue weighted by molar-refractivity contribution is -0.140. The zero-order valence-corrected chi connectivity index (χ0v) is 11.7. The molecule has 0 aliphatic heterocycles. The van der Waals surface area contributed by atoms with Crippen LogP contribution in [0.25, 0.3) is 0 Å². The molecule has 0 radical (unpaired) electrons. The molecule has 0 spiro atoms. The van der Waals surface area contributed by atoms with Crippen molar-refractivity contribution in [3.05, 3.63) is 15.6 Å². The van der Waals surface area contributed by atoms with Crippen LogP contribution in [0.1, 0.15) is 41.4 Å². The van der Waals surface area contributed by atoms with Crippen LogP contribution in [0.2, 0.25) is 0 Å². The van der Waals surface area contributed by atoms with Gasteiger partial charge < -0.3 is 10.1 Å². The van der Waals surface area contributed by atoms with Crippen molar-refractivity contribution in [2.24, 2.45) is 0 Å². The van der Waals surface area contributed by atoms with Gasteiger partial charge in [-0.15, -0.1) is 11.3 Å². The second-order valence-electron chi connectivity index (χ2n) is 4.04. The zero-order valence-electron chi connectivity index (χ0n) is 10.9. The summed E-state index contributed by atoms with van der Waals surface area (Å²) in [6, 6.07) is 0.291. The van der Waals surface area contributed by atoms with E-state index in [4.69, 9.17) is 0 Å². The Kier molecular flexibility index (Phi) is 5.58. The Hall–Kier alpha value is -0.940. The monoisotopic (exact) mass is 256 g/mol.